The third kappa shape index (κ3) is 5.44. The van der Waals surface area contributed by atoms with Gasteiger partial charge in [-0.3, -0.25) is 4.21 Å². The first kappa shape index (κ1) is 14.2. The number of hydrogen-bond acceptors (Lipinski definition) is 2. The second-order valence-corrected chi connectivity index (χ2v) is 6.58. The van der Waals surface area contributed by atoms with Gasteiger partial charge in [-0.2, -0.15) is 0 Å². The van der Waals surface area contributed by atoms with E-state index in [0.717, 1.165) is 18.2 Å². The largest absolute Gasteiger partial charge is 0.313 e. The number of rotatable bonds is 7. The van der Waals surface area contributed by atoms with Gasteiger partial charge in [0.15, 0.2) is 0 Å². The molecule has 2 nitrogen and oxygen atoms in total. The Bertz CT molecular complexity index is 202. The third-order valence-electron chi connectivity index (χ3n) is 3.61. The van der Waals surface area contributed by atoms with Crippen LogP contribution in [-0.4, -0.2) is 28.8 Å². The minimum atomic E-state index is -0.653. The van der Waals surface area contributed by atoms with Gasteiger partial charge in [0.05, 0.1) is 0 Å². The molecule has 0 bridgehead atoms. The van der Waals surface area contributed by atoms with Crippen molar-refractivity contribution in [1.29, 1.82) is 0 Å². The molecule has 0 spiro atoms. The Kier molecular flexibility index (Phi) is 7.30. The number of nitrogens with one attached hydrogen (secondary N) is 1. The molecule has 1 rings (SSSR count). The monoisotopic (exact) mass is 245 g/mol. The average Bonchev–Trinajstić information content (AvgIpc) is 2.29. The fraction of sp³-hybridized carbons (Fsp3) is 1.00. The fourth-order valence-corrected chi connectivity index (χ4v) is 3.15. The predicted octanol–water partition coefficient (Wildman–Crippen LogP) is 2.70. The molecule has 96 valence electrons. The van der Waals surface area contributed by atoms with Gasteiger partial charge in [0.1, 0.15) is 0 Å². The molecule has 0 heterocycles. The second kappa shape index (κ2) is 8.24. The Morgan fingerprint density at radius 2 is 2.00 bits per heavy atom. The fourth-order valence-electron chi connectivity index (χ4n) is 2.74. The molecule has 0 aromatic heterocycles. The van der Waals surface area contributed by atoms with Crippen molar-refractivity contribution in [2.45, 2.75) is 57.9 Å². The van der Waals surface area contributed by atoms with Crippen LogP contribution in [0.2, 0.25) is 0 Å². The van der Waals surface area contributed by atoms with Crippen molar-refractivity contribution in [1.82, 2.24) is 5.32 Å². The van der Waals surface area contributed by atoms with Gasteiger partial charge in [-0.15, -0.1) is 0 Å². The first-order valence-corrected chi connectivity index (χ1v) is 8.50. The van der Waals surface area contributed by atoms with E-state index in [2.05, 4.69) is 12.2 Å². The highest BCUT2D eigenvalue weighted by molar-refractivity contribution is 7.84. The van der Waals surface area contributed by atoms with Crippen molar-refractivity contribution < 1.29 is 4.21 Å². The van der Waals surface area contributed by atoms with Crippen LogP contribution in [0.1, 0.15) is 51.9 Å². The van der Waals surface area contributed by atoms with Gasteiger partial charge in [-0.1, -0.05) is 32.6 Å². The maximum absolute atomic E-state index is 11.0. The van der Waals surface area contributed by atoms with Gasteiger partial charge in [0, 0.05) is 35.4 Å². The molecule has 1 fully saturated rings. The quantitative estimate of drug-likeness (QED) is 0.747. The summed E-state index contributed by atoms with van der Waals surface area (Å²) < 4.78 is 11.0. The van der Waals surface area contributed by atoms with Gasteiger partial charge >= 0.3 is 0 Å². The van der Waals surface area contributed by atoms with E-state index in [4.69, 9.17) is 0 Å². The zero-order valence-corrected chi connectivity index (χ0v) is 11.7. The van der Waals surface area contributed by atoms with Crippen LogP contribution >= 0.6 is 0 Å². The van der Waals surface area contributed by atoms with Crippen molar-refractivity contribution in [2.24, 2.45) is 5.92 Å². The first-order chi connectivity index (χ1) is 7.74. The SMILES string of the molecule is CCCC(NCCS(C)=O)C1CCCCC1. The topological polar surface area (TPSA) is 29.1 Å². The van der Waals surface area contributed by atoms with Crippen LogP contribution in [0.15, 0.2) is 0 Å². The highest BCUT2D eigenvalue weighted by Gasteiger charge is 2.22. The van der Waals surface area contributed by atoms with E-state index in [1.165, 1.54) is 44.9 Å². The van der Waals surface area contributed by atoms with Crippen molar-refractivity contribution >= 4 is 10.8 Å². The van der Waals surface area contributed by atoms with Crippen LogP contribution in [0.5, 0.6) is 0 Å². The van der Waals surface area contributed by atoms with E-state index < -0.39 is 10.8 Å². The van der Waals surface area contributed by atoms with Crippen LogP contribution < -0.4 is 5.32 Å². The van der Waals surface area contributed by atoms with E-state index in [-0.39, 0.29) is 0 Å². The predicted molar refractivity (Wildman–Crippen MR) is 72.2 cm³/mol. The summed E-state index contributed by atoms with van der Waals surface area (Å²) in [5, 5.41) is 3.63. The van der Waals surface area contributed by atoms with E-state index in [9.17, 15) is 4.21 Å². The van der Waals surface area contributed by atoms with Crippen LogP contribution in [0.3, 0.4) is 0 Å². The molecular formula is C13H27NOS. The average molecular weight is 245 g/mol. The molecule has 1 N–H and O–H groups in total. The highest BCUT2D eigenvalue weighted by Crippen LogP contribution is 2.28. The maximum Gasteiger partial charge on any atom is 0.0357 e. The maximum atomic E-state index is 11.0. The molecule has 1 aliphatic carbocycles. The molecule has 1 saturated carbocycles. The second-order valence-electron chi connectivity index (χ2n) is 5.02. The smallest absolute Gasteiger partial charge is 0.0357 e. The first-order valence-electron chi connectivity index (χ1n) is 6.77. The summed E-state index contributed by atoms with van der Waals surface area (Å²) in [5.74, 6) is 1.67. The summed E-state index contributed by atoms with van der Waals surface area (Å²) in [6, 6.07) is 0.675. The molecule has 0 aromatic rings. The molecule has 0 aromatic carbocycles. The van der Waals surface area contributed by atoms with Gasteiger partial charge in [0.2, 0.25) is 0 Å². The lowest BCUT2D eigenvalue weighted by molar-refractivity contribution is 0.260. The number of hydrogen-bond donors (Lipinski definition) is 1. The van der Waals surface area contributed by atoms with E-state index >= 15 is 0 Å². The molecule has 0 aliphatic heterocycles. The van der Waals surface area contributed by atoms with Gasteiger partial charge in [-0.25, -0.2) is 0 Å². The molecular weight excluding hydrogens is 218 g/mol. The molecule has 1 aliphatic rings. The summed E-state index contributed by atoms with van der Waals surface area (Å²) >= 11 is 0. The highest BCUT2D eigenvalue weighted by atomic mass is 32.2. The molecule has 3 heteroatoms. The summed E-state index contributed by atoms with van der Waals surface area (Å²) in [6.07, 6.45) is 11.4. The Labute approximate surface area is 103 Å². The Balaban J connectivity index is 2.30. The Morgan fingerprint density at radius 1 is 1.31 bits per heavy atom. The summed E-state index contributed by atoms with van der Waals surface area (Å²) in [7, 11) is -0.653. The van der Waals surface area contributed by atoms with Crippen molar-refractivity contribution in [3.05, 3.63) is 0 Å². The van der Waals surface area contributed by atoms with E-state index in [1.54, 1.807) is 6.26 Å². The molecule has 2 unspecified atom stereocenters. The molecule has 0 radical (unpaired) electrons. The minimum absolute atomic E-state index is 0.653. The Hall–Kier alpha value is 0.110. The van der Waals surface area contributed by atoms with Crippen LogP contribution in [0.25, 0.3) is 0 Å². The zero-order valence-electron chi connectivity index (χ0n) is 10.8. The lowest BCUT2D eigenvalue weighted by Crippen LogP contribution is -2.39. The zero-order chi connectivity index (χ0) is 11.8. The van der Waals surface area contributed by atoms with E-state index in [0.29, 0.717) is 6.04 Å². The van der Waals surface area contributed by atoms with Gasteiger partial charge in [0.25, 0.3) is 0 Å². The normalized spacial score (nSPS) is 21.9. The van der Waals surface area contributed by atoms with Crippen molar-refractivity contribution in [2.75, 3.05) is 18.6 Å². The summed E-state index contributed by atoms with van der Waals surface area (Å²) in [6.45, 7) is 3.18. The molecule has 2 atom stereocenters. The van der Waals surface area contributed by atoms with Crippen molar-refractivity contribution in [3.63, 3.8) is 0 Å². The van der Waals surface area contributed by atoms with E-state index in [1.807, 2.05) is 0 Å². The molecule has 0 saturated heterocycles. The summed E-state index contributed by atoms with van der Waals surface area (Å²) in [5.41, 5.74) is 0. The summed E-state index contributed by atoms with van der Waals surface area (Å²) in [4.78, 5) is 0. The lowest BCUT2D eigenvalue weighted by atomic mass is 9.82. The third-order valence-corrected chi connectivity index (χ3v) is 4.39. The van der Waals surface area contributed by atoms with Crippen LogP contribution in [0.4, 0.5) is 0 Å². The van der Waals surface area contributed by atoms with Crippen molar-refractivity contribution in [3.8, 4) is 0 Å². The van der Waals surface area contributed by atoms with Gasteiger partial charge < -0.3 is 5.32 Å². The van der Waals surface area contributed by atoms with Crippen LogP contribution in [-0.2, 0) is 10.8 Å². The standard InChI is InChI=1S/C13H27NOS/c1-3-7-13(14-10-11-16(2)15)12-8-5-4-6-9-12/h12-14H,3-11H2,1-2H3. The van der Waals surface area contributed by atoms with Gasteiger partial charge in [-0.05, 0) is 25.2 Å². The lowest BCUT2D eigenvalue weighted by Gasteiger charge is -2.31. The Morgan fingerprint density at radius 3 is 2.56 bits per heavy atom. The molecule has 0 amide bonds. The minimum Gasteiger partial charge on any atom is -0.313 e. The molecule has 16 heavy (non-hydrogen) atoms. The van der Waals surface area contributed by atoms with Crippen LogP contribution in [0, 0.1) is 5.92 Å².